The number of aliphatic hydroxyl groups is 1. The number of fused-ring (bicyclic) bond motifs is 2. The summed E-state index contributed by atoms with van der Waals surface area (Å²) in [6.07, 6.45) is -1.51. The summed E-state index contributed by atoms with van der Waals surface area (Å²) in [5, 5.41) is 14.0. The summed E-state index contributed by atoms with van der Waals surface area (Å²) in [4.78, 5) is 17.8. The van der Waals surface area contributed by atoms with Crippen molar-refractivity contribution in [2.75, 3.05) is 27.3 Å². The molecule has 2 aromatic heterocycles. The van der Waals surface area contributed by atoms with Crippen molar-refractivity contribution >= 4 is 49.4 Å². The Morgan fingerprint density at radius 1 is 0.949 bits per heavy atom. The van der Waals surface area contributed by atoms with E-state index < -0.39 is 51.6 Å². The molecule has 2 heterocycles. The van der Waals surface area contributed by atoms with Crippen LogP contribution in [0.3, 0.4) is 0 Å². The van der Waals surface area contributed by atoms with Gasteiger partial charge in [-0.25, -0.2) is 18.0 Å². The summed E-state index contributed by atoms with van der Waals surface area (Å²) < 4.78 is 101. The van der Waals surface area contributed by atoms with Gasteiger partial charge in [0, 0.05) is 31.1 Å². The van der Waals surface area contributed by atoms with Gasteiger partial charge in [-0.05, 0) is 103 Å². The molecular formula is C42H37F2N3O10S2. The molecular weight excluding hydrogens is 809 g/mol. The number of rotatable bonds is 15. The molecule has 7 aromatic rings. The van der Waals surface area contributed by atoms with Gasteiger partial charge in [0.2, 0.25) is 17.2 Å². The highest BCUT2D eigenvalue weighted by molar-refractivity contribution is 7.86. The van der Waals surface area contributed by atoms with Crippen LogP contribution in [0.1, 0.15) is 27.9 Å². The van der Waals surface area contributed by atoms with Gasteiger partial charge in [-0.2, -0.15) is 12.7 Å². The number of furan rings is 1. The Kier molecular flexibility index (Phi) is 12.0. The second-order valence-electron chi connectivity index (χ2n) is 13.5. The second kappa shape index (κ2) is 17.2. The number of benzene rings is 5. The zero-order valence-corrected chi connectivity index (χ0v) is 33.4. The molecule has 7 rings (SSSR count). The number of aromatic nitrogens is 1. The smallest absolute Gasteiger partial charge is 0.296 e. The Bertz CT molecular complexity index is 2810. The molecule has 0 saturated carbocycles. The molecule has 5 aromatic carbocycles. The fourth-order valence-electron chi connectivity index (χ4n) is 6.58. The number of oxazole rings is 1. The predicted octanol–water partition coefficient (Wildman–Crippen LogP) is 7.63. The number of nitrogens with zero attached hydrogens (tertiary/aromatic N) is 2. The summed E-state index contributed by atoms with van der Waals surface area (Å²) in [5.74, 6) is -1.05. The van der Waals surface area contributed by atoms with E-state index >= 15 is 0 Å². The third-order valence-corrected chi connectivity index (χ3v) is 11.6. The molecule has 0 aliphatic carbocycles. The van der Waals surface area contributed by atoms with Crippen LogP contribution in [0.25, 0.3) is 56.0 Å². The van der Waals surface area contributed by atoms with Gasteiger partial charge < -0.3 is 24.0 Å². The molecule has 2 atom stereocenters. The van der Waals surface area contributed by atoms with Crippen LogP contribution in [-0.4, -0.2) is 70.9 Å². The third kappa shape index (κ3) is 8.80. The van der Waals surface area contributed by atoms with Crippen molar-refractivity contribution in [3.05, 3.63) is 125 Å². The number of methoxy groups -OCH3 is 1. The first-order chi connectivity index (χ1) is 28.3. The first-order valence-electron chi connectivity index (χ1n) is 18.1. The summed E-state index contributed by atoms with van der Waals surface area (Å²) in [7, 11) is -1.23. The van der Waals surface area contributed by atoms with E-state index in [1.807, 2.05) is 6.92 Å². The minimum absolute atomic E-state index is 0.0109. The Labute approximate surface area is 339 Å². The van der Waals surface area contributed by atoms with Crippen molar-refractivity contribution in [1.29, 1.82) is 0 Å². The van der Waals surface area contributed by atoms with Crippen LogP contribution in [0.2, 0.25) is 0 Å². The molecule has 0 aliphatic rings. The molecule has 2 unspecified atom stereocenters. The lowest BCUT2D eigenvalue weighted by Crippen LogP contribution is -2.34. The number of halogens is 2. The highest BCUT2D eigenvalue weighted by Crippen LogP contribution is 2.41. The number of carbonyl (C=O) groups excluding carboxylic acids is 1. The van der Waals surface area contributed by atoms with Crippen LogP contribution >= 0.6 is 0 Å². The van der Waals surface area contributed by atoms with Gasteiger partial charge in [0.15, 0.2) is 11.4 Å². The van der Waals surface area contributed by atoms with Crippen LogP contribution < -0.4 is 10.1 Å². The van der Waals surface area contributed by atoms with Crippen LogP contribution in [0.5, 0.6) is 5.75 Å². The van der Waals surface area contributed by atoms with E-state index in [0.717, 1.165) is 9.87 Å². The van der Waals surface area contributed by atoms with E-state index in [4.69, 9.17) is 17.8 Å². The lowest BCUT2D eigenvalue weighted by atomic mass is 9.94. The average Bonchev–Trinajstić information content (AvgIpc) is 3.83. The summed E-state index contributed by atoms with van der Waals surface area (Å²) in [6, 6.07) is 24.1. The number of aliphatic hydroxyl groups excluding tert-OH is 1. The van der Waals surface area contributed by atoms with Gasteiger partial charge in [-0.15, -0.1) is 0 Å². The minimum Gasteiger partial charge on any atom is -0.496 e. The lowest BCUT2D eigenvalue weighted by Gasteiger charge is -2.23. The van der Waals surface area contributed by atoms with Gasteiger partial charge in [-0.1, -0.05) is 29.8 Å². The second-order valence-corrected chi connectivity index (χ2v) is 16.1. The normalized spacial score (nSPS) is 12.9. The maximum absolute atomic E-state index is 14.7. The quantitative estimate of drug-likeness (QED) is 0.0682. The van der Waals surface area contributed by atoms with Gasteiger partial charge in [-0.3, -0.25) is 13.5 Å². The van der Waals surface area contributed by atoms with Crippen LogP contribution in [0.4, 0.5) is 8.78 Å². The molecule has 0 saturated heterocycles. The predicted molar refractivity (Wildman–Crippen MR) is 216 cm³/mol. The van der Waals surface area contributed by atoms with Crippen molar-refractivity contribution in [3.63, 3.8) is 0 Å². The third-order valence-electron chi connectivity index (χ3n) is 9.57. The zero-order chi connectivity index (χ0) is 42.0. The number of aryl methyl sites for hydroxylation is 1. The Hall–Kier alpha value is -5.82. The van der Waals surface area contributed by atoms with Crippen molar-refractivity contribution in [3.8, 4) is 39.7 Å². The van der Waals surface area contributed by atoms with Gasteiger partial charge in [0.25, 0.3) is 16.0 Å². The molecule has 17 heteroatoms. The zero-order valence-electron chi connectivity index (χ0n) is 31.8. The van der Waals surface area contributed by atoms with Crippen LogP contribution in [0, 0.1) is 18.6 Å². The number of para-hydroxylation sites is 1. The van der Waals surface area contributed by atoms with Crippen molar-refractivity contribution in [1.82, 2.24) is 14.6 Å². The fourth-order valence-corrected chi connectivity index (χ4v) is 8.05. The molecule has 306 valence electrons. The number of ether oxygens (including phenoxy) is 1. The van der Waals surface area contributed by atoms with Gasteiger partial charge in [0.05, 0.1) is 35.8 Å². The van der Waals surface area contributed by atoms with E-state index in [0.29, 0.717) is 39.0 Å². The number of carbonyl (C=O) groups is 1. The molecule has 1 amide bonds. The summed E-state index contributed by atoms with van der Waals surface area (Å²) in [6.45, 7) is 0.741. The minimum atomic E-state index is -4.12. The maximum atomic E-state index is 14.7. The highest BCUT2D eigenvalue weighted by Gasteiger charge is 2.27. The van der Waals surface area contributed by atoms with E-state index in [1.54, 1.807) is 48.5 Å². The Morgan fingerprint density at radius 3 is 2.36 bits per heavy atom. The van der Waals surface area contributed by atoms with E-state index in [2.05, 4.69) is 10.3 Å². The monoisotopic (exact) mass is 845 g/mol. The Balaban J connectivity index is 1.29. The maximum Gasteiger partial charge on any atom is 0.296 e. The number of hydrogen-bond acceptors (Lipinski definition) is 10. The Morgan fingerprint density at radius 2 is 1.68 bits per heavy atom. The summed E-state index contributed by atoms with van der Waals surface area (Å²) >= 11 is -2.66. The SMILES string of the molecule is CNC(=O)c1c(-c2ccc(F)cc2)oc2cc(CN(CC(O)CCOS(=O)(=O)c3ccc(C)cc3)S(=O)O)c(-c3ccc(OC)c(-c4nc5c(F)cccc5o4)c3)cc12. The molecule has 0 aliphatic heterocycles. The van der Waals surface area contributed by atoms with E-state index in [9.17, 15) is 35.9 Å². The molecule has 0 bridgehead atoms. The van der Waals surface area contributed by atoms with Gasteiger partial charge in [0.1, 0.15) is 28.4 Å². The average molecular weight is 846 g/mol. The molecule has 3 N–H and O–H groups in total. The highest BCUT2D eigenvalue weighted by atomic mass is 32.2. The van der Waals surface area contributed by atoms with Crippen molar-refractivity contribution in [2.24, 2.45) is 0 Å². The largest absolute Gasteiger partial charge is 0.496 e. The van der Waals surface area contributed by atoms with E-state index in [1.165, 1.54) is 62.7 Å². The van der Waals surface area contributed by atoms with Crippen LogP contribution in [0.15, 0.2) is 111 Å². The molecule has 13 nitrogen and oxygen atoms in total. The first kappa shape index (κ1) is 41.3. The van der Waals surface area contributed by atoms with Crippen molar-refractivity contribution in [2.45, 2.75) is 30.9 Å². The summed E-state index contributed by atoms with van der Waals surface area (Å²) in [5.41, 5.74) is 3.51. The van der Waals surface area contributed by atoms with Crippen LogP contribution in [-0.2, 0) is 32.1 Å². The fraction of sp³-hybridized carbons (Fsp3) is 0.190. The molecule has 0 fully saturated rings. The first-order valence-corrected chi connectivity index (χ1v) is 20.5. The van der Waals surface area contributed by atoms with E-state index in [-0.39, 0.29) is 58.3 Å². The number of nitrogens with one attached hydrogen (secondary N) is 1. The lowest BCUT2D eigenvalue weighted by molar-refractivity contribution is 0.0964. The molecule has 0 radical (unpaired) electrons. The molecule has 0 spiro atoms. The number of hydrogen-bond donors (Lipinski definition) is 3. The standard InChI is InChI=1S/C42H37F2N3O10S2/c1-24-7-14-30(15-8-24)59(52,53)55-18-17-29(48)23-47(58(50)51)22-27-20-37-32(38(41(49)45-2)40(56-37)25-9-12-28(43)13-10-25)21-31(27)26-11-16-35(54-3)33(19-26)42-46-39-34(44)5-4-6-36(39)57-42/h4-16,19-21,29,48H,17-18,22-23H2,1-3H3,(H,45,49)(H,50,51). The number of amides is 1. The van der Waals surface area contributed by atoms with Gasteiger partial charge >= 0.3 is 0 Å². The van der Waals surface area contributed by atoms with Crippen molar-refractivity contribution < 1.29 is 53.6 Å². The topological polar surface area (TPSA) is 182 Å². The molecule has 59 heavy (non-hydrogen) atoms.